The lowest BCUT2D eigenvalue weighted by Crippen LogP contribution is -2.37. The summed E-state index contributed by atoms with van der Waals surface area (Å²) in [6.45, 7) is 3.38. The molecule has 1 amide bonds. The quantitative estimate of drug-likeness (QED) is 0.374. The maximum Gasteiger partial charge on any atom is 0.416 e. The number of carbonyl (C=O) groups excluding carboxylic acids is 2. The van der Waals surface area contributed by atoms with E-state index in [4.69, 9.17) is 4.74 Å². The number of fused-ring (bicyclic) bond motifs is 1. The number of esters is 1. The zero-order chi connectivity index (χ0) is 26.0. The average molecular weight is 520 g/mol. The van der Waals surface area contributed by atoms with Gasteiger partial charge in [-0.3, -0.25) is 4.79 Å². The molecule has 6 nitrogen and oxygen atoms in total. The third kappa shape index (κ3) is 5.30. The fraction of sp³-hybridized carbons (Fsp3) is 0.240. The van der Waals surface area contributed by atoms with Crippen molar-refractivity contribution in [3.05, 3.63) is 87.9 Å². The minimum Gasteiger partial charge on any atom is -0.463 e. The first-order valence-electron chi connectivity index (χ1n) is 10.9. The van der Waals surface area contributed by atoms with Gasteiger partial charge >= 0.3 is 12.1 Å². The van der Waals surface area contributed by atoms with Gasteiger partial charge in [-0.15, -0.1) is 0 Å². The molecule has 0 radical (unpaired) electrons. The minimum absolute atomic E-state index is 0.101. The molecule has 0 saturated carbocycles. The highest BCUT2D eigenvalue weighted by Gasteiger charge is 2.41. The molecule has 2 aliphatic heterocycles. The first-order chi connectivity index (χ1) is 17.1. The van der Waals surface area contributed by atoms with Crippen molar-refractivity contribution < 1.29 is 31.9 Å². The molecule has 0 fully saturated rings. The number of aliphatic imine (C=N–C) groups is 1. The van der Waals surface area contributed by atoms with E-state index in [1.165, 1.54) is 48.2 Å². The van der Waals surface area contributed by atoms with Crippen LogP contribution in [0, 0.1) is 5.82 Å². The molecule has 1 atom stereocenters. The summed E-state index contributed by atoms with van der Waals surface area (Å²) in [7, 11) is 0. The van der Waals surface area contributed by atoms with E-state index in [1.807, 2.05) is 0 Å². The number of nitrogens with zero attached hydrogens (tertiary/aromatic N) is 2. The Kier molecular flexibility index (Phi) is 7.21. The van der Waals surface area contributed by atoms with E-state index in [0.717, 1.165) is 12.1 Å². The standard InChI is InChI=1S/C25H21F4N3O3S/c1-3-35-23(34)21-14(2)30-24-32(22(21)15-4-6-16(7-5-15)25(27,28)29)19(13-36-24)12-20(33)31-18-10-8-17(26)9-11-18/h4-11,13,22H,3,12H2,1-2H3,(H,31,33)/t22-/m1/s1. The van der Waals surface area contributed by atoms with Gasteiger partial charge in [0, 0.05) is 11.4 Å². The van der Waals surface area contributed by atoms with Gasteiger partial charge in [-0.25, -0.2) is 14.2 Å². The summed E-state index contributed by atoms with van der Waals surface area (Å²) in [5, 5.41) is 4.87. The monoisotopic (exact) mass is 519 g/mol. The molecule has 0 aromatic heterocycles. The van der Waals surface area contributed by atoms with Gasteiger partial charge in [-0.05, 0) is 61.2 Å². The number of alkyl halides is 3. The molecule has 1 N–H and O–H groups in total. The number of halogens is 4. The maximum atomic E-state index is 13.2. The molecule has 0 saturated heterocycles. The Morgan fingerprint density at radius 3 is 2.39 bits per heavy atom. The van der Waals surface area contributed by atoms with Gasteiger partial charge in [0.05, 0.1) is 35.9 Å². The predicted octanol–water partition coefficient (Wildman–Crippen LogP) is 6.01. The van der Waals surface area contributed by atoms with Crippen molar-refractivity contribution in [1.29, 1.82) is 0 Å². The summed E-state index contributed by atoms with van der Waals surface area (Å²) in [6, 6.07) is 8.96. The molecule has 2 aromatic rings. The molecule has 36 heavy (non-hydrogen) atoms. The SMILES string of the molecule is CCOC(=O)C1=C(C)N=C2SC=C(CC(=O)Nc3ccc(F)cc3)N2[C@@H]1c1ccc(C(F)(F)F)cc1. The second-order valence-corrected chi connectivity index (χ2v) is 8.80. The summed E-state index contributed by atoms with van der Waals surface area (Å²) >= 11 is 1.24. The topological polar surface area (TPSA) is 71.0 Å². The Labute approximate surface area is 208 Å². The van der Waals surface area contributed by atoms with Crippen molar-refractivity contribution >= 4 is 34.5 Å². The zero-order valence-electron chi connectivity index (χ0n) is 19.2. The average Bonchev–Trinajstić information content (AvgIpc) is 3.21. The van der Waals surface area contributed by atoms with Crippen LogP contribution in [0.15, 0.2) is 75.9 Å². The number of amidine groups is 1. The molecule has 188 valence electrons. The molecule has 2 aliphatic rings. The van der Waals surface area contributed by atoms with Crippen LogP contribution >= 0.6 is 11.8 Å². The Morgan fingerprint density at radius 2 is 1.78 bits per heavy atom. The van der Waals surface area contributed by atoms with Gasteiger partial charge in [0.2, 0.25) is 5.91 Å². The van der Waals surface area contributed by atoms with E-state index in [2.05, 4.69) is 10.3 Å². The van der Waals surface area contributed by atoms with E-state index in [9.17, 15) is 27.2 Å². The van der Waals surface area contributed by atoms with E-state index >= 15 is 0 Å². The number of carbonyl (C=O) groups is 2. The minimum atomic E-state index is -4.51. The van der Waals surface area contributed by atoms with Crippen molar-refractivity contribution in [2.75, 3.05) is 11.9 Å². The lowest BCUT2D eigenvalue weighted by Gasteiger charge is -2.36. The molecule has 0 aliphatic carbocycles. The van der Waals surface area contributed by atoms with Crippen molar-refractivity contribution in [3.8, 4) is 0 Å². The van der Waals surface area contributed by atoms with Crippen LogP contribution in [0.5, 0.6) is 0 Å². The fourth-order valence-electron chi connectivity index (χ4n) is 3.91. The molecule has 0 spiro atoms. The van der Waals surface area contributed by atoms with Crippen molar-refractivity contribution in [3.63, 3.8) is 0 Å². The summed E-state index contributed by atoms with van der Waals surface area (Å²) in [5.74, 6) is -1.48. The van der Waals surface area contributed by atoms with E-state index < -0.39 is 35.5 Å². The van der Waals surface area contributed by atoms with Crippen molar-refractivity contribution in [2.45, 2.75) is 32.5 Å². The molecule has 0 bridgehead atoms. The van der Waals surface area contributed by atoms with E-state index in [1.54, 1.807) is 24.2 Å². The van der Waals surface area contributed by atoms with E-state index in [0.29, 0.717) is 27.8 Å². The first kappa shape index (κ1) is 25.5. The zero-order valence-corrected chi connectivity index (χ0v) is 20.0. The second kappa shape index (κ2) is 10.2. The number of anilines is 1. The number of benzene rings is 2. The van der Waals surface area contributed by atoms with Gasteiger partial charge in [-0.2, -0.15) is 13.2 Å². The molecule has 2 heterocycles. The van der Waals surface area contributed by atoms with Crippen LogP contribution in [-0.2, 0) is 20.5 Å². The number of hydrogen-bond acceptors (Lipinski definition) is 6. The summed E-state index contributed by atoms with van der Waals surface area (Å²) in [6.07, 6.45) is -4.63. The van der Waals surface area contributed by atoms with Crippen molar-refractivity contribution in [1.82, 2.24) is 4.90 Å². The molecule has 4 rings (SSSR count). The van der Waals surface area contributed by atoms with Crippen LogP contribution in [0.25, 0.3) is 0 Å². The normalized spacial score (nSPS) is 17.4. The highest BCUT2D eigenvalue weighted by atomic mass is 32.2. The number of allylic oxidation sites excluding steroid dienone is 1. The molecule has 2 aromatic carbocycles. The highest BCUT2D eigenvalue weighted by Crippen LogP contribution is 2.45. The Morgan fingerprint density at radius 1 is 1.11 bits per heavy atom. The number of hydrogen-bond donors (Lipinski definition) is 1. The molecular weight excluding hydrogens is 498 g/mol. The molecule has 0 unspecified atom stereocenters. The lowest BCUT2D eigenvalue weighted by molar-refractivity contribution is -0.139. The summed E-state index contributed by atoms with van der Waals surface area (Å²) < 4.78 is 57.9. The maximum absolute atomic E-state index is 13.2. The number of nitrogens with one attached hydrogen (secondary N) is 1. The Hall–Kier alpha value is -3.60. The molecule has 11 heteroatoms. The Balaban J connectivity index is 1.67. The van der Waals surface area contributed by atoms with Gasteiger partial charge in [0.1, 0.15) is 5.82 Å². The fourth-order valence-corrected chi connectivity index (χ4v) is 4.88. The van der Waals surface area contributed by atoms with Crippen molar-refractivity contribution in [2.24, 2.45) is 4.99 Å². The third-order valence-electron chi connectivity index (χ3n) is 5.52. The summed E-state index contributed by atoms with van der Waals surface area (Å²) in [5.41, 5.74) is 1.04. The number of amides is 1. The third-order valence-corrected chi connectivity index (χ3v) is 6.41. The van der Waals surface area contributed by atoms with Crippen LogP contribution in [0.4, 0.5) is 23.2 Å². The molecular formula is C25H21F4N3O3S. The van der Waals surface area contributed by atoms with Gasteiger partial charge in [0.25, 0.3) is 0 Å². The Bertz CT molecular complexity index is 1270. The second-order valence-electron chi connectivity index (χ2n) is 7.97. The first-order valence-corrected chi connectivity index (χ1v) is 11.8. The van der Waals surface area contributed by atoms with Crippen LogP contribution in [0.1, 0.15) is 37.4 Å². The van der Waals surface area contributed by atoms with Crippen LogP contribution in [0.3, 0.4) is 0 Å². The van der Waals surface area contributed by atoms with Crippen LogP contribution in [-0.4, -0.2) is 28.6 Å². The van der Waals surface area contributed by atoms with Crippen LogP contribution < -0.4 is 5.32 Å². The lowest BCUT2D eigenvalue weighted by atomic mass is 9.93. The van der Waals surface area contributed by atoms with E-state index in [-0.39, 0.29) is 18.6 Å². The smallest absolute Gasteiger partial charge is 0.416 e. The van der Waals surface area contributed by atoms with Crippen LogP contribution in [0.2, 0.25) is 0 Å². The van der Waals surface area contributed by atoms with Gasteiger partial charge < -0.3 is 15.0 Å². The number of rotatable bonds is 6. The largest absolute Gasteiger partial charge is 0.463 e. The highest BCUT2D eigenvalue weighted by molar-refractivity contribution is 8.16. The number of thioether (sulfide) groups is 1. The predicted molar refractivity (Wildman–Crippen MR) is 128 cm³/mol. The number of ether oxygens (including phenoxy) is 1. The summed E-state index contributed by atoms with van der Waals surface area (Å²) in [4.78, 5) is 31.8. The van der Waals surface area contributed by atoms with Gasteiger partial charge in [0.15, 0.2) is 5.17 Å². The van der Waals surface area contributed by atoms with Gasteiger partial charge in [-0.1, -0.05) is 23.9 Å².